The van der Waals surface area contributed by atoms with Gasteiger partial charge in [0.1, 0.15) is 5.60 Å². The molecule has 0 saturated carbocycles. The summed E-state index contributed by atoms with van der Waals surface area (Å²) < 4.78 is 11.3. The number of ether oxygens (including phenoxy) is 2. The number of likely N-dealkylation sites (N-methyl/N-ethyl adjacent to an activating group) is 1. The average molecular weight is 466 g/mol. The lowest BCUT2D eigenvalue weighted by molar-refractivity contribution is -0.146. The van der Waals surface area contributed by atoms with Gasteiger partial charge in [-0.1, -0.05) is 41.5 Å². The number of amides is 2. The normalized spacial score (nSPS) is 10.4. The number of carboxylic acid groups (broad SMARTS) is 1. The first kappa shape index (κ1) is 37.6. The second-order valence-electron chi connectivity index (χ2n) is 7.64. The third kappa shape index (κ3) is 26.3. The van der Waals surface area contributed by atoms with Gasteiger partial charge in [0.25, 0.3) is 12.4 Å². The van der Waals surface area contributed by atoms with Crippen LogP contribution < -0.4 is 16.0 Å². The van der Waals surface area contributed by atoms with Gasteiger partial charge in [-0.15, -0.1) is 0 Å². The molecular formula is C23H51N3O6. The highest BCUT2D eigenvalue weighted by atomic mass is 16.5. The van der Waals surface area contributed by atoms with Crippen molar-refractivity contribution >= 4 is 18.3 Å². The fourth-order valence-corrected chi connectivity index (χ4v) is 2.07. The molecule has 9 nitrogen and oxygen atoms in total. The SMILES string of the molecule is CC.CC.CNC(=O)C(C)(C)OCCOC(C)(C)CNC(=O)CCCNC(C)C.O=CO. The van der Waals surface area contributed by atoms with Crippen LogP contribution in [0.1, 0.15) is 82.1 Å². The predicted molar refractivity (Wildman–Crippen MR) is 131 cm³/mol. The van der Waals surface area contributed by atoms with Crippen LogP contribution in [0.3, 0.4) is 0 Å². The van der Waals surface area contributed by atoms with Gasteiger partial charge in [-0.3, -0.25) is 14.4 Å². The first-order valence-corrected chi connectivity index (χ1v) is 11.5. The number of hydrogen-bond donors (Lipinski definition) is 4. The summed E-state index contributed by atoms with van der Waals surface area (Å²) in [5.41, 5.74) is -1.38. The zero-order valence-corrected chi connectivity index (χ0v) is 22.4. The van der Waals surface area contributed by atoms with E-state index in [4.69, 9.17) is 19.4 Å². The van der Waals surface area contributed by atoms with E-state index in [1.807, 2.05) is 41.5 Å². The van der Waals surface area contributed by atoms with Gasteiger partial charge in [0.2, 0.25) is 5.91 Å². The Morgan fingerprint density at radius 2 is 1.47 bits per heavy atom. The Hall–Kier alpha value is -1.71. The third-order valence-electron chi connectivity index (χ3n) is 3.66. The van der Waals surface area contributed by atoms with Gasteiger partial charge in [0, 0.05) is 26.1 Å². The molecule has 4 N–H and O–H groups in total. The molecule has 0 radical (unpaired) electrons. The largest absolute Gasteiger partial charge is 0.483 e. The van der Waals surface area contributed by atoms with Crippen molar-refractivity contribution in [3.8, 4) is 0 Å². The molecule has 0 saturated heterocycles. The number of carbonyl (C=O) groups is 3. The molecule has 0 unspecified atom stereocenters. The summed E-state index contributed by atoms with van der Waals surface area (Å²) in [7, 11) is 1.58. The second-order valence-corrected chi connectivity index (χ2v) is 7.64. The third-order valence-corrected chi connectivity index (χ3v) is 3.66. The van der Waals surface area contributed by atoms with E-state index in [9.17, 15) is 9.59 Å². The van der Waals surface area contributed by atoms with Crippen molar-refractivity contribution < 1.29 is 29.0 Å². The summed E-state index contributed by atoms with van der Waals surface area (Å²) in [6, 6.07) is 0.436. The number of nitrogens with one attached hydrogen (secondary N) is 3. The fraction of sp³-hybridized carbons (Fsp3) is 0.870. The van der Waals surface area contributed by atoms with Crippen LogP contribution in [-0.2, 0) is 23.9 Å². The van der Waals surface area contributed by atoms with E-state index < -0.39 is 11.2 Å². The lowest BCUT2D eigenvalue weighted by Gasteiger charge is -2.28. The lowest BCUT2D eigenvalue weighted by atomic mass is 10.1. The van der Waals surface area contributed by atoms with Gasteiger partial charge >= 0.3 is 0 Å². The Balaban J connectivity index is -0.000000499. The molecule has 194 valence electrons. The summed E-state index contributed by atoms with van der Waals surface area (Å²) in [6.07, 6.45) is 1.31. The maximum Gasteiger partial charge on any atom is 0.290 e. The lowest BCUT2D eigenvalue weighted by Crippen LogP contribution is -2.44. The molecule has 0 aliphatic carbocycles. The minimum atomic E-state index is -0.888. The molecule has 0 aliphatic heterocycles. The van der Waals surface area contributed by atoms with Crippen LogP contribution in [0.4, 0.5) is 0 Å². The zero-order valence-electron chi connectivity index (χ0n) is 22.4. The van der Waals surface area contributed by atoms with Gasteiger partial charge in [-0.05, 0) is 40.7 Å². The number of carbonyl (C=O) groups excluding carboxylic acids is 2. The first-order valence-electron chi connectivity index (χ1n) is 11.5. The van der Waals surface area contributed by atoms with E-state index >= 15 is 0 Å². The Labute approximate surface area is 196 Å². The minimum absolute atomic E-state index is 0.0271. The summed E-state index contributed by atoms with van der Waals surface area (Å²) in [5.74, 6) is -0.148. The molecule has 0 aromatic rings. The van der Waals surface area contributed by atoms with E-state index in [0.717, 1.165) is 13.0 Å². The fourth-order valence-electron chi connectivity index (χ4n) is 2.07. The van der Waals surface area contributed by atoms with E-state index in [0.29, 0.717) is 32.2 Å². The molecule has 0 aromatic heterocycles. The zero-order chi connectivity index (χ0) is 26.2. The topological polar surface area (TPSA) is 126 Å². The molecule has 32 heavy (non-hydrogen) atoms. The summed E-state index contributed by atoms with van der Waals surface area (Å²) in [6.45, 7) is 21.1. The van der Waals surface area contributed by atoms with Gasteiger partial charge < -0.3 is 30.5 Å². The Morgan fingerprint density at radius 1 is 1.00 bits per heavy atom. The highest BCUT2D eigenvalue weighted by molar-refractivity contribution is 5.83. The van der Waals surface area contributed by atoms with Crippen molar-refractivity contribution in [1.29, 1.82) is 0 Å². The first-order chi connectivity index (χ1) is 14.9. The quantitative estimate of drug-likeness (QED) is 0.243. The molecule has 0 atom stereocenters. The summed E-state index contributed by atoms with van der Waals surface area (Å²) >= 11 is 0. The number of hydrogen-bond acceptors (Lipinski definition) is 6. The monoisotopic (exact) mass is 465 g/mol. The van der Waals surface area contributed by atoms with Crippen molar-refractivity contribution in [3.05, 3.63) is 0 Å². The molecule has 0 bridgehead atoms. The van der Waals surface area contributed by atoms with Crippen molar-refractivity contribution in [2.45, 2.75) is 99.3 Å². The smallest absolute Gasteiger partial charge is 0.290 e. The second kappa shape index (κ2) is 23.9. The van der Waals surface area contributed by atoms with E-state index in [2.05, 4.69) is 29.8 Å². The Kier molecular flexibility index (Phi) is 28.1. The highest BCUT2D eigenvalue weighted by Gasteiger charge is 2.27. The molecule has 0 spiro atoms. The van der Waals surface area contributed by atoms with Crippen LogP contribution in [-0.4, -0.2) is 74.0 Å². The average Bonchev–Trinajstić information content (AvgIpc) is 2.75. The van der Waals surface area contributed by atoms with Gasteiger partial charge in [-0.2, -0.15) is 0 Å². The maximum absolute atomic E-state index is 11.8. The molecule has 9 heteroatoms. The molecule has 0 aromatic carbocycles. The van der Waals surface area contributed by atoms with Gasteiger partial charge in [-0.25, -0.2) is 0 Å². The minimum Gasteiger partial charge on any atom is -0.483 e. The molecular weight excluding hydrogens is 414 g/mol. The van der Waals surface area contributed by atoms with Crippen LogP contribution >= 0.6 is 0 Å². The summed E-state index contributed by atoms with van der Waals surface area (Å²) in [4.78, 5) is 31.8. The molecule has 0 fully saturated rings. The van der Waals surface area contributed by atoms with Crippen LogP contribution in [0.15, 0.2) is 0 Å². The Morgan fingerprint density at radius 3 is 1.91 bits per heavy atom. The number of rotatable bonds is 13. The van der Waals surface area contributed by atoms with E-state index in [-0.39, 0.29) is 18.3 Å². The van der Waals surface area contributed by atoms with Crippen LogP contribution in [0, 0.1) is 0 Å². The van der Waals surface area contributed by atoms with Crippen molar-refractivity contribution in [2.24, 2.45) is 0 Å². The van der Waals surface area contributed by atoms with E-state index in [1.54, 1.807) is 20.9 Å². The summed E-state index contributed by atoms with van der Waals surface area (Å²) in [5, 5.41) is 15.6. The van der Waals surface area contributed by atoms with E-state index in [1.165, 1.54) is 0 Å². The van der Waals surface area contributed by atoms with Crippen molar-refractivity contribution in [3.63, 3.8) is 0 Å². The Bertz CT molecular complexity index is 455. The molecule has 0 heterocycles. The molecule has 0 aliphatic rings. The molecule has 0 rings (SSSR count). The molecule has 2 amide bonds. The van der Waals surface area contributed by atoms with Crippen LogP contribution in [0.2, 0.25) is 0 Å². The maximum atomic E-state index is 11.8. The van der Waals surface area contributed by atoms with Crippen LogP contribution in [0.5, 0.6) is 0 Å². The van der Waals surface area contributed by atoms with Crippen LogP contribution in [0.25, 0.3) is 0 Å². The standard InChI is InChI=1S/C18H37N3O4.2C2H6.CH2O2/c1-14(2)20-10-8-9-15(22)21-13-17(3,4)24-11-12-25-18(5,6)16(23)19-7;2*1-2;2-1-3/h14,20H,8-13H2,1-7H3,(H,19,23)(H,21,22);2*1-2H3;1H,(H,2,3). The van der Waals surface area contributed by atoms with Gasteiger partial charge in [0.05, 0.1) is 18.8 Å². The van der Waals surface area contributed by atoms with Crippen molar-refractivity contribution in [1.82, 2.24) is 16.0 Å². The van der Waals surface area contributed by atoms with Crippen molar-refractivity contribution in [2.75, 3.05) is 33.4 Å². The van der Waals surface area contributed by atoms with Gasteiger partial charge in [0.15, 0.2) is 0 Å². The highest BCUT2D eigenvalue weighted by Crippen LogP contribution is 2.11. The predicted octanol–water partition coefficient (Wildman–Crippen LogP) is 2.97.